The van der Waals surface area contributed by atoms with Gasteiger partial charge in [0.15, 0.2) is 5.76 Å². The number of aliphatic carboxylic acids is 1. The number of furan rings is 1. The maximum absolute atomic E-state index is 12.5. The Morgan fingerprint density at radius 1 is 1.12 bits per heavy atom. The van der Waals surface area contributed by atoms with Crippen LogP contribution in [0.3, 0.4) is 0 Å². The van der Waals surface area contributed by atoms with Gasteiger partial charge < -0.3 is 14.8 Å². The van der Waals surface area contributed by atoms with Crippen LogP contribution in [0, 0.1) is 5.92 Å². The van der Waals surface area contributed by atoms with Crippen LogP contribution in [0.25, 0.3) is 0 Å². The normalized spacial score (nSPS) is 20.2. The number of carbonyl (C=O) groups excluding carboxylic acids is 1. The fourth-order valence-electron chi connectivity index (χ4n) is 3.06. The Balaban J connectivity index is 1.55. The van der Waals surface area contributed by atoms with Gasteiger partial charge in [0.1, 0.15) is 0 Å². The number of benzene rings is 1. The first kappa shape index (κ1) is 17.6. The van der Waals surface area contributed by atoms with Crippen molar-refractivity contribution in [3.63, 3.8) is 0 Å². The van der Waals surface area contributed by atoms with E-state index in [9.17, 15) is 9.59 Å². The van der Waals surface area contributed by atoms with E-state index in [1.807, 2.05) is 36.4 Å². The number of carboxylic acid groups (broad SMARTS) is 1. The maximum atomic E-state index is 12.5. The van der Waals surface area contributed by atoms with E-state index in [0.29, 0.717) is 37.2 Å². The minimum absolute atomic E-state index is 0.0165. The van der Waals surface area contributed by atoms with Crippen LogP contribution in [0.2, 0.25) is 0 Å². The molecule has 132 valence electrons. The van der Waals surface area contributed by atoms with Crippen LogP contribution in [0.1, 0.15) is 41.8 Å². The zero-order valence-electron chi connectivity index (χ0n) is 13.8. The quantitative estimate of drug-likeness (QED) is 0.764. The second kappa shape index (κ2) is 8.25. The summed E-state index contributed by atoms with van der Waals surface area (Å²) in [5, 5.41) is 12.0. The molecule has 0 radical (unpaired) electrons. The van der Waals surface area contributed by atoms with Gasteiger partial charge in [0.05, 0.1) is 12.2 Å². The van der Waals surface area contributed by atoms with E-state index in [1.54, 1.807) is 11.8 Å². The van der Waals surface area contributed by atoms with Crippen molar-refractivity contribution < 1.29 is 19.1 Å². The highest BCUT2D eigenvalue weighted by Gasteiger charge is 2.28. The van der Waals surface area contributed by atoms with Crippen molar-refractivity contribution in [2.75, 3.05) is 0 Å². The van der Waals surface area contributed by atoms with Crippen LogP contribution in [-0.4, -0.2) is 23.0 Å². The molecule has 5 nitrogen and oxygen atoms in total. The average molecular weight is 359 g/mol. The van der Waals surface area contributed by atoms with Gasteiger partial charge in [0.2, 0.25) is 0 Å². The Hall–Kier alpha value is -2.21. The second-order valence-corrected chi connectivity index (χ2v) is 7.29. The lowest BCUT2D eigenvalue weighted by atomic mass is 9.86. The summed E-state index contributed by atoms with van der Waals surface area (Å²) in [6, 6.07) is 11.9. The molecule has 2 N–H and O–H groups in total. The van der Waals surface area contributed by atoms with Gasteiger partial charge in [0, 0.05) is 22.3 Å². The van der Waals surface area contributed by atoms with E-state index in [-0.39, 0.29) is 17.9 Å². The number of hydrogen-bond donors (Lipinski definition) is 2. The van der Waals surface area contributed by atoms with Crippen LogP contribution < -0.4 is 5.32 Å². The third-order valence-electron chi connectivity index (χ3n) is 4.50. The van der Waals surface area contributed by atoms with E-state index in [1.165, 1.54) is 6.26 Å². The summed E-state index contributed by atoms with van der Waals surface area (Å²) in [5.41, 5.74) is 0.866. The Labute approximate surface area is 150 Å². The predicted molar refractivity (Wildman–Crippen MR) is 95.6 cm³/mol. The number of carbonyl (C=O) groups is 2. The average Bonchev–Trinajstić information content (AvgIpc) is 3.10. The molecule has 1 amide bonds. The highest BCUT2D eigenvalue weighted by molar-refractivity contribution is 7.98. The van der Waals surface area contributed by atoms with Gasteiger partial charge in [-0.25, -0.2) is 0 Å². The van der Waals surface area contributed by atoms with Gasteiger partial charge in [-0.05, 0) is 43.9 Å². The highest BCUT2D eigenvalue weighted by Crippen LogP contribution is 2.27. The zero-order chi connectivity index (χ0) is 17.6. The molecule has 2 aromatic rings. The molecule has 1 aliphatic rings. The minimum atomic E-state index is -0.740. The van der Waals surface area contributed by atoms with Gasteiger partial charge in [0.25, 0.3) is 5.91 Å². The Kier molecular flexibility index (Phi) is 5.81. The fraction of sp³-hybridized carbons (Fsp3) is 0.368. The van der Waals surface area contributed by atoms with Crippen molar-refractivity contribution >= 4 is 23.6 Å². The van der Waals surface area contributed by atoms with Gasteiger partial charge in [-0.3, -0.25) is 9.59 Å². The molecule has 0 atom stereocenters. The molecule has 0 bridgehead atoms. The monoisotopic (exact) mass is 359 g/mol. The number of hydrogen-bond acceptors (Lipinski definition) is 4. The third-order valence-corrected chi connectivity index (χ3v) is 5.56. The predicted octanol–water partition coefficient (Wildman–Crippen LogP) is 3.95. The van der Waals surface area contributed by atoms with Crippen molar-refractivity contribution in [1.29, 1.82) is 0 Å². The van der Waals surface area contributed by atoms with Crippen LogP contribution in [0.4, 0.5) is 0 Å². The van der Waals surface area contributed by atoms with Crippen molar-refractivity contribution in [1.82, 2.24) is 5.32 Å². The fourth-order valence-corrected chi connectivity index (χ4v) is 3.96. The molecule has 6 heteroatoms. The molecule has 25 heavy (non-hydrogen) atoms. The number of carboxylic acids is 1. The maximum Gasteiger partial charge on any atom is 0.306 e. The first-order valence-corrected chi connectivity index (χ1v) is 9.40. The van der Waals surface area contributed by atoms with Crippen LogP contribution in [-0.2, 0) is 10.5 Å². The summed E-state index contributed by atoms with van der Waals surface area (Å²) in [6.07, 6.45) is 4.14. The molecule has 0 unspecified atom stereocenters. The number of amides is 1. The molecule has 1 aromatic carbocycles. The SMILES string of the molecule is O=C(NC1CCC(C(=O)O)CC1)c1occc1CSc1ccccc1. The van der Waals surface area contributed by atoms with E-state index in [4.69, 9.17) is 9.52 Å². The van der Waals surface area contributed by atoms with Gasteiger partial charge in [-0.15, -0.1) is 11.8 Å². The van der Waals surface area contributed by atoms with E-state index >= 15 is 0 Å². The molecule has 1 heterocycles. The van der Waals surface area contributed by atoms with Crippen molar-refractivity contribution in [2.45, 2.75) is 42.4 Å². The first-order chi connectivity index (χ1) is 12.1. The van der Waals surface area contributed by atoms with E-state index in [2.05, 4.69) is 5.32 Å². The smallest absolute Gasteiger partial charge is 0.306 e. The van der Waals surface area contributed by atoms with Crippen LogP contribution in [0.15, 0.2) is 52.0 Å². The van der Waals surface area contributed by atoms with Crippen molar-refractivity contribution in [3.05, 3.63) is 54.0 Å². The Morgan fingerprint density at radius 3 is 2.52 bits per heavy atom. The topological polar surface area (TPSA) is 79.5 Å². The molecular formula is C19H21NO4S. The van der Waals surface area contributed by atoms with Gasteiger partial charge in [-0.1, -0.05) is 18.2 Å². The standard InChI is InChI=1S/C19H21NO4S/c21-18(20-15-8-6-13(7-9-15)19(22)23)17-14(10-11-24-17)12-25-16-4-2-1-3-5-16/h1-5,10-11,13,15H,6-9,12H2,(H,20,21)(H,22,23). The molecule has 1 aromatic heterocycles. The molecular weight excluding hydrogens is 338 g/mol. The summed E-state index contributed by atoms with van der Waals surface area (Å²) in [4.78, 5) is 24.6. The van der Waals surface area contributed by atoms with Gasteiger partial charge in [-0.2, -0.15) is 0 Å². The van der Waals surface area contributed by atoms with Crippen LogP contribution >= 0.6 is 11.8 Å². The van der Waals surface area contributed by atoms with E-state index in [0.717, 1.165) is 10.5 Å². The highest BCUT2D eigenvalue weighted by atomic mass is 32.2. The molecule has 3 rings (SSSR count). The van der Waals surface area contributed by atoms with Gasteiger partial charge >= 0.3 is 5.97 Å². The number of thioether (sulfide) groups is 1. The van der Waals surface area contributed by atoms with Crippen molar-refractivity contribution in [3.8, 4) is 0 Å². The largest absolute Gasteiger partial charge is 0.481 e. The second-order valence-electron chi connectivity index (χ2n) is 6.24. The summed E-state index contributed by atoms with van der Waals surface area (Å²) in [6.45, 7) is 0. The lowest BCUT2D eigenvalue weighted by Gasteiger charge is -2.26. The first-order valence-electron chi connectivity index (χ1n) is 8.41. The number of rotatable bonds is 6. The molecule has 0 spiro atoms. The minimum Gasteiger partial charge on any atom is -0.481 e. The molecule has 0 saturated heterocycles. The number of nitrogens with one attached hydrogen (secondary N) is 1. The van der Waals surface area contributed by atoms with Crippen molar-refractivity contribution in [2.24, 2.45) is 5.92 Å². The third kappa shape index (κ3) is 4.66. The molecule has 1 fully saturated rings. The van der Waals surface area contributed by atoms with Crippen LogP contribution in [0.5, 0.6) is 0 Å². The Morgan fingerprint density at radius 2 is 1.84 bits per heavy atom. The lowest BCUT2D eigenvalue weighted by Crippen LogP contribution is -2.38. The summed E-state index contributed by atoms with van der Waals surface area (Å²) in [7, 11) is 0. The zero-order valence-corrected chi connectivity index (χ0v) is 14.6. The van der Waals surface area contributed by atoms with E-state index < -0.39 is 5.97 Å². The summed E-state index contributed by atoms with van der Waals surface area (Å²) < 4.78 is 5.40. The summed E-state index contributed by atoms with van der Waals surface area (Å²) in [5.74, 6) is -0.225. The lowest BCUT2D eigenvalue weighted by molar-refractivity contribution is -0.142. The molecule has 1 aliphatic carbocycles. The molecule has 0 aliphatic heterocycles. The summed E-state index contributed by atoms with van der Waals surface area (Å²) >= 11 is 1.65. The Bertz CT molecular complexity index is 720. The molecule has 1 saturated carbocycles.